The number of hydrogen-bond donors (Lipinski definition) is 0. The fourth-order valence-electron chi connectivity index (χ4n) is 3.22. The third-order valence-corrected chi connectivity index (χ3v) is 5.60. The smallest absolute Gasteiger partial charge is 0.0777 e. The topological polar surface area (TPSA) is 9.23 Å². The Kier molecular flexibility index (Phi) is 8.17. The van der Waals surface area contributed by atoms with E-state index < -0.39 is 0 Å². The van der Waals surface area contributed by atoms with Crippen molar-refractivity contribution in [2.45, 2.75) is 90.3 Å². The van der Waals surface area contributed by atoms with Crippen LogP contribution in [0.15, 0.2) is 0 Å². The Morgan fingerprint density at radius 1 is 1.33 bits per heavy atom. The van der Waals surface area contributed by atoms with Gasteiger partial charge in [0.1, 0.15) is 0 Å². The van der Waals surface area contributed by atoms with Crippen molar-refractivity contribution in [2.24, 2.45) is 5.92 Å². The molecule has 1 saturated carbocycles. The molecule has 0 radical (unpaired) electrons. The summed E-state index contributed by atoms with van der Waals surface area (Å²) < 4.78 is 7.63. The number of hydrogen-bond acceptors (Lipinski definition) is 1. The van der Waals surface area contributed by atoms with E-state index in [2.05, 4.69) is 43.4 Å². The van der Waals surface area contributed by atoms with Gasteiger partial charge in [0.2, 0.25) is 0 Å². The summed E-state index contributed by atoms with van der Waals surface area (Å²) in [6, 6.07) is 0. The lowest BCUT2D eigenvalue weighted by atomic mass is 9.80. The van der Waals surface area contributed by atoms with E-state index in [1.54, 1.807) is 0 Å². The van der Waals surface area contributed by atoms with E-state index in [1.165, 1.54) is 57.8 Å². The average Bonchev–Trinajstić information content (AvgIpc) is 2.34. The van der Waals surface area contributed by atoms with Gasteiger partial charge >= 0.3 is 0 Å². The predicted molar refractivity (Wildman–Crippen MR) is 88.6 cm³/mol. The minimum atomic E-state index is 0.197. The average molecular weight is 366 g/mol. The van der Waals surface area contributed by atoms with Crippen LogP contribution in [0.25, 0.3) is 0 Å². The largest absolute Gasteiger partial charge is 0.371 e. The van der Waals surface area contributed by atoms with E-state index in [0.717, 1.165) is 10.3 Å². The van der Waals surface area contributed by atoms with E-state index in [-0.39, 0.29) is 5.60 Å². The SMILES string of the molecule is CCCCCCC(C)OC1(CI)CCCC(C)C1. The molecule has 1 nitrogen and oxygen atoms in total. The highest BCUT2D eigenvalue weighted by Gasteiger charge is 2.36. The molecule has 0 amide bonds. The van der Waals surface area contributed by atoms with E-state index in [9.17, 15) is 0 Å². The molecule has 1 aliphatic carbocycles. The Morgan fingerprint density at radius 2 is 2.11 bits per heavy atom. The van der Waals surface area contributed by atoms with Crippen molar-refractivity contribution in [2.75, 3.05) is 4.43 Å². The van der Waals surface area contributed by atoms with Crippen LogP contribution in [0.3, 0.4) is 0 Å². The van der Waals surface area contributed by atoms with E-state index in [0.29, 0.717) is 6.10 Å². The first kappa shape index (κ1) is 16.7. The van der Waals surface area contributed by atoms with Gasteiger partial charge in [-0.1, -0.05) is 75.0 Å². The van der Waals surface area contributed by atoms with Crippen LogP contribution in [0, 0.1) is 5.92 Å². The lowest BCUT2D eigenvalue weighted by Gasteiger charge is -2.40. The molecule has 18 heavy (non-hydrogen) atoms. The van der Waals surface area contributed by atoms with Gasteiger partial charge < -0.3 is 4.74 Å². The molecule has 0 heterocycles. The molecule has 0 saturated heterocycles. The Labute approximate surface area is 128 Å². The van der Waals surface area contributed by atoms with Gasteiger partial charge in [-0.25, -0.2) is 0 Å². The molecule has 0 aliphatic heterocycles. The summed E-state index contributed by atoms with van der Waals surface area (Å²) in [7, 11) is 0. The maximum atomic E-state index is 6.47. The maximum Gasteiger partial charge on any atom is 0.0777 e. The van der Waals surface area contributed by atoms with Gasteiger partial charge in [-0.2, -0.15) is 0 Å². The van der Waals surface area contributed by atoms with Gasteiger partial charge in [0.15, 0.2) is 0 Å². The summed E-state index contributed by atoms with van der Waals surface area (Å²) in [5, 5.41) is 0. The molecule has 0 bridgehead atoms. The van der Waals surface area contributed by atoms with E-state index in [1.807, 2.05) is 0 Å². The fraction of sp³-hybridized carbons (Fsp3) is 1.00. The maximum absolute atomic E-state index is 6.47. The molecule has 0 spiro atoms. The zero-order valence-electron chi connectivity index (χ0n) is 12.5. The van der Waals surface area contributed by atoms with Crippen LogP contribution in [0.5, 0.6) is 0 Å². The third kappa shape index (κ3) is 5.77. The number of halogens is 1. The summed E-state index contributed by atoms with van der Waals surface area (Å²) in [6.07, 6.45) is 12.4. The summed E-state index contributed by atoms with van der Waals surface area (Å²) in [5.74, 6) is 0.848. The zero-order chi connectivity index (χ0) is 13.4. The second kappa shape index (κ2) is 8.78. The third-order valence-electron chi connectivity index (χ3n) is 4.21. The Hall–Kier alpha value is 0.690. The van der Waals surface area contributed by atoms with Crippen molar-refractivity contribution in [1.29, 1.82) is 0 Å². The van der Waals surface area contributed by atoms with Crippen LogP contribution >= 0.6 is 22.6 Å². The van der Waals surface area contributed by atoms with Gasteiger partial charge in [0, 0.05) is 4.43 Å². The molecule has 2 heteroatoms. The number of rotatable bonds is 8. The monoisotopic (exact) mass is 366 g/mol. The van der Waals surface area contributed by atoms with Crippen molar-refractivity contribution < 1.29 is 4.74 Å². The van der Waals surface area contributed by atoms with Crippen molar-refractivity contribution in [3.05, 3.63) is 0 Å². The Bertz CT molecular complexity index is 219. The molecular weight excluding hydrogens is 335 g/mol. The van der Waals surface area contributed by atoms with Gasteiger partial charge in [-0.3, -0.25) is 0 Å². The van der Waals surface area contributed by atoms with Crippen molar-refractivity contribution in [3.8, 4) is 0 Å². The van der Waals surface area contributed by atoms with Gasteiger partial charge in [0.25, 0.3) is 0 Å². The minimum absolute atomic E-state index is 0.197. The molecule has 3 unspecified atom stereocenters. The summed E-state index contributed by atoms with van der Waals surface area (Å²) >= 11 is 2.53. The lowest BCUT2D eigenvalue weighted by molar-refractivity contribution is -0.102. The standard InChI is InChI=1S/C16H31IO/c1-4-5-6-7-10-15(3)18-16(13-17)11-8-9-14(2)12-16/h14-15H,4-13H2,1-3H3. The number of unbranched alkanes of at least 4 members (excludes halogenated alkanes) is 3. The van der Waals surface area contributed by atoms with Crippen molar-refractivity contribution in [3.63, 3.8) is 0 Å². The van der Waals surface area contributed by atoms with Crippen LogP contribution in [0.2, 0.25) is 0 Å². The summed E-state index contributed by atoms with van der Waals surface area (Å²) in [5.41, 5.74) is 0.197. The Balaban J connectivity index is 2.32. The normalized spacial score (nSPS) is 30.3. The van der Waals surface area contributed by atoms with Crippen LogP contribution < -0.4 is 0 Å². The lowest BCUT2D eigenvalue weighted by Crippen LogP contribution is -2.41. The first-order chi connectivity index (χ1) is 8.62. The first-order valence-corrected chi connectivity index (χ1v) is 9.38. The molecule has 0 aromatic rings. The van der Waals surface area contributed by atoms with Gasteiger partial charge in [0.05, 0.1) is 11.7 Å². The molecule has 3 atom stereocenters. The second-order valence-electron chi connectivity index (χ2n) is 6.30. The van der Waals surface area contributed by atoms with Crippen LogP contribution in [-0.2, 0) is 4.74 Å². The molecule has 0 aromatic carbocycles. The van der Waals surface area contributed by atoms with Crippen molar-refractivity contribution in [1.82, 2.24) is 0 Å². The molecular formula is C16H31IO. The van der Waals surface area contributed by atoms with E-state index in [4.69, 9.17) is 4.74 Å². The van der Waals surface area contributed by atoms with Crippen molar-refractivity contribution >= 4 is 22.6 Å². The molecule has 1 rings (SSSR count). The highest BCUT2D eigenvalue weighted by molar-refractivity contribution is 14.1. The first-order valence-electron chi connectivity index (χ1n) is 7.85. The van der Waals surface area contributed by atoms with Crippen LogP contribution in [0.1, 0.15) is 78.6 Å². The molecule has 0 N–H and O–H groups in total. The highest BCUT2D eigenvalue weighted by atomic mass is 127. The number of ether oxygens (including phenoxy) is 1. The van der Waals surface area contributed by atoms with Crippen LogP contribution in [-0.4, -0.2) is 16.1 Å². The molecule has 108 valence electrons. The molecule has 1 aliphatic rings. The number of alkyl halides is 1. The van der Waals surface area contributed by atoms with E-state index >= 15 is 0 Å². The van der Waals surface area contributed by atoms with Gasteiger partial charge in [-0.05, 0) is 32.1 Å². The second-order valence-corrected chi connectivity index (χ2v) is 7.06. The Morgan fingerprint density at radius 3 is 2.72 bits per heavy atom. The minimum Gasteiger partial charge on any atom is -0.371 e. The predicted octanol–water partition coefficient (Wildman–Crippen LogP) is 5.75. The summed E-state index contributed by atoms with van der Waals surface area (Å²) in [6.45, 7) is 6.93. The quantitative estimate of drug-likeness (QED) is 0.302. The fourth-order valence-corrected chi connectivity index (χ4v) is 4.09. The van der Waals surface area contributed by atoms with Crippen LogP contribution in [0.4, 0.5) is 0 Å². The van der Waals surface area contributed by atoms with Gasteiger partial charge in [-0.15, -0.1) is 0 Å². The molecule has 0 aromatic heterocycles. The molecule has 1 fully saturated rings. The zero-order valence-corrected chi connectivity index (χ0v) is 14.7. The highest BCUT2D eigenvalue weighted by Crippen LogP contribution is 2.37. The summed E-state index contributed by atoms with van der Waals surface area (Å²) in [4.78, 5) is 0.